The molecule has 0 spiro atoms. The summed E-state index contributed by atoms with van der Waals surface area (Å²) in [5.74, 6) is -2.79. The van der Waals surface area contributed by atoms with Gasteiger partial charge in [0.15, 0.2) is 0 Å². The summed E-state index contributed by atoms with van der Waals surface area (Å²) >= 11 is 0. The van der Waals surface area contributed by atoms with E-state index in [9.17, 15) is 19.8 Å². The van der Waals surface area contributed by atoms with E-state index < -0.39 is 29.3 Å². The minimum absolute atomic E-state index is 0.149. The monoisotopic (exact) mass is 269 g/mol. The van der Waals surface area contributed by atoms with Gasteiger partial charge in [-0.2, -0.15) is 0 Å². The van der Waals surface area contributed by atoms with Crippen molar-refractivity contribution in [2.45, 2.75) is 56.9 Å². The molecule has 3 atom stereocenters. The van der Waals surface area contributed by atoms with Crippen LogP contribution < -0.4 is 5.73 Å². The Hall–Kier alpha value is -1.10. The highest BCUT2D eigenvalue weighted by molar-refractivity contribution is 5.81. The smallest absolute Gasteiger partial charge is 0.324 e. The number of aliphatic carboxylic acids is 2. The summed E-state index contributed by atoms with van der Waals surface area (Å²) in [4.78, 5) is 23.0. The largest absolute Gasteiger partial charge is 0.481 e. The molecule has 5 heteroatoms. The number of hydrogen-bond acceptors (Lipinski definition) is 3. The van der Waals surface area contributed by atoms with E-state index in [1.165, 1.54) is 0 Å². The van der Waals surface area contributed by atoms with Crippen molar-refractivity contribution in [2.24, 2.45) is 23.5 Å². The molecule has 0 bridgehead atoms. The Morgan fingerprint density at radius 3 is 2.16 bits per heavy atom. The van der Waals surface area contributed by atoms with Gasteiger partial charge in [-0.25, -0.2) is 0 Å². The van der Waals surface area contributed by atoms with Gasteiger partial charge in [0, 0.05) is 5.92 Å². The Balaban J connectivity index is 2.31. The predicted molar refractivity (Wildman–Crippen MR) is 69.6 cm³/mol. The first-order chi connectivity index (χ1) is 8.97. The molecule has 0 aromatic carbocycles. The van der Waals surface area contributed by atoms with Gasteiger partial charge >= 0.3 is 11.9 Å². The summed E-state index contributed by atoms with van der Waals surface area (Å²) in [6, 6.07) is 0. The quantitative estimate of drug-likeness (QED) is 0.726. The molecule has 0 aliphatic heterocycles. The molecule has 0 amide bonds. The molecule has 4 N–H and O–H groups in total. The summed E-state index contributed by atoms with van der Waals surface area (Å²) in [5, 5.41) is 18.9. The minimum atomic E-state index is -1.36. The van der Waals surface area contributed by atoms with Crippen molar-refractivity contribution in [1.82, 2.24) is 0 Å². The third-order valence-electron chi connectivity index (χ3n) is 5.01. The predicted octanol–water partition coefficient (Wildman–Crippen LogP) is 1.85. The highest BCUT2D eigenvalue weighted by Gasteiger charge is 2.53. The Kier molecular flexibility index (Phi) is 4.13. The number of nitrogens with two attached hydrogens (primary N) is 1. The third kappa shape index (κ3) is 2.61. The third-order valence-corrected chi connectivity index (χ3v) is 5.01. The number of rotatable bonds is 3. The Bertz CT molecular complexity index is 364. The molecule has 2 fully saturated rings. The van der Waals surface area contributed by atoms with Crippen LogP contribution in [0.5, 0.6) is 0 Å². The average Bonchev–Trinajstić information content (AvgIpc) is 2.39. The van der Waals surface area contributed by atoms with Gasteiger partial charge in [-0.15, -0.1) is 0 Å². The first-order valence-electron chi connectivity index (χ1n) is 7.22. The van der Waals surface area contributed by atoms with Crippen LogP contribution >= 0.6 is 0 Å². The SMILES string of the molecule is N[C@]1(C(=O)O)CCC[C@H](C(=O)O)C1C1CCCCC1. The molecule has 0 saturated heterocycles. The lowest BCUT2D eigenvalue weighted by molar-refractivity contribution is -0.157. The number of carbonyl (C=O) groups is 2. The fraction of sp³-hybridized carbons (Fsp3) is 0.857. The molecule has 5 nitrogen and oxygen atoms in total. The molecule has 1 unspecified atom stereocenters. The molecule has 108 valence electrons. The zero-order valence-electron chi connectivity index (χ0n) is 11.2. The molecule has 2 aliphatic carbocycles. The van der Waals surface area contributed by atoms with Crippen LogP contribution in [-0.4, -0.2) is 27.7 Å². The summed E-state index contributed by atoms with van der Waals surface area (Å²) < 4.78 is 0. The van der Waals surface area contributed by atoms with Crippen LogP contribution in [-0.2, 0) is 9.59 Å². The Labute approximate surface area is 113 Å². The normalized spacial score (nSPS) is 36.9. The van der Waals surface area contributed by atoms with Crippen LogP contribution in [0.15, 0.2) is 0 Å². The maximum Gasteiger partial charge on any atom is 0.324 e. The van der Waals surface area contributed by atoms with Gasteiger partial charge in [0.1, 0.15) is 5.54 Å². The zero-order chi connectivity index (χ0) is 14.0. The summed E-state index contributed by atoms with van der Waals surface area (Å²) in [5.41, 5.74) is 4.78. The van der Waals surface area contributed by atoms with Gasteiger partial charge in [-0.1, -0.05) is 38.5 Å². The van der Waals surface area contributed by atoms with E-state index in [0.29, 0.717) is 19.3 Å². The van der Waals surface area contributed by atoms with Gasteiger partial charge in [0.05, 0.1) is 5.92 Å². The fourth-order valence-corrected chi connectivity index (χ4v) is 4.09. The second-order valence-electron chi connectivity index (χ2n) is 6.11. The van der Waals surface area contributed by atoms with Crippen molar-refractivity contribution < 1.29 is 19.8 Å². The summed E-state index contributed by atoms with van der Waals surface area (Å²) in [6.45, 7) is 0. The van der Waals surface area contributed by atoms with Crippen LogP contribution in [0.1, 0.15) is 51.4 Å². The molecular weight excluding hydrogens is 246 g/mol. The summed E-state index contributed by atoms with van der Waals surface area (Å²) in [7, 11) is 0. The lowest BCUT2D eigenvalue weighted by Gasteiger charge is -2.46. The van der Waals surface area contributed by atoms with E-state index in [1.807, 2.05) is 0 Å². The lowest BCUT2D eigenvalue weighted by Crippen LogP contribution is -2.61. The molecule has 0 heterocycles. The molecule has 0 aromatic heterocycles. The van der Waals surface area contributed by atoms with Crippen LogP contribution in [0.3, 0.4) is 0 Å². The molecule has 0 aromatic rings. The molecule has 19 heavy (non-hydrogen) atoms. The van der Waals surface area contributed by atoms with Crippen molar-refractivity contribution in [3.63, 3.8) is 0 Å². The molecule has 2 aliphatic rings. The van der Waals surface area contributed by atoms with E-state index in [2.05, 4.69) is 0 Å². The standard InChI is InChI=1S/C14H23NO4/c15-14(13(18)19)8-4-7-10(12(16)17)11(14)9-5-2-1-3-6-9/h9-11H,1-8,15H2,(H,16,17)(H,18,19)/t10-,11?,14+/m0/s1. The zero-order valence-corrected chi connectivity index (χ0v) is 11.2. The average molecular weight is 269 g/mol. The lowest BCUT2D eigenvalue weighted by atomic mass is 9.59. The van der Waals surface area contributed by atoms with Gasteiger partial charge in [-0.3, -0.25) is 9.59 Å². The summed E-state index contributed by atoms with van der Waals surface area (Å²) in [6.07, 6.45) is 6.65. The fourth-order valence-electron chi connectivity index (χ4n) is 4.09. The van der Waals surface area contributed by atoms with E-state index in [0.717, 1.165) is 32.1 Å². The van der Waals surface area contributed by atoms with Gasteiger partial charge in [0.2, 0.25) is 0 Å². The Morgan fingerprint density at radius 2 is 1.63 bits per heavy atom. The Morgan fingerprint density at radius 1 is 1.00 bits per heavy atom. The first-order valence-corrected chi connectivity index (χ1v) is 7.22. The molecule has 2 saturated carbocycles. The topological polar surface area (TPSA) is 101 Å². The van der Waals surface area contributed by atoms with Crippen LogP contribution in [0.4, 0.5) is 0 Å². The first kappa shape index (κ1) is 14.3. The second kappa shape index (κ2) is 5.49. The van der Waals surface area contributed by atoms with E-state index in [1.54, 1.807) is 0 Å². The maximum absolute atomic E-state index is 11.6. The van der Waals surface area contributed by atoms with Crippen molar-refractivity contribution in [2.75, 3.05) is 0 Å². The van der Waals surface area contributed by atoms with Crippen LogP contribution in [0.25, 0.3) is 0 Å². The van der Waals surface area contributed by atoms with E-state index >= 15 is 0 Å². The number of carboxylic acids is 2. The van der Waals surface area contributed by atoms with Crippen molar-refractivity contribution >= 4 is 11.9 Å². The minimum Gasteiger partial charge on any atom is -0.481 e. The molecule has 2 rings (SSSR count). The highest BCUT2D eigenvalue weighted by Crippen LogP contribution is 2.46. The molecular formula is C14H23NO4. The van der Waals surface area contributed by atoms with E-state index in [4.69, 9.17) is 5.73 Å². The second-order valence-corrected chi connectivity index (χ2v) is 6.11. The van der Waals surface area contributed by atoms with E-state index in [-0.39, 0.29) is 5.92 Å². The highest BCUT2D eigenvalue weighted by atomic mass is 16.4. The van der Waals surface area contributed by atoms with Crippen molar-refractivity contribution in [1.29, 1.82) is 0 Å². The van der Waals surface area contributed by atoms with Crippen molar-refractivity contribution in [3.05, 3.63) is 0 Å². The number of hydrogen-bond donors (Lipinski definition) is 3. The van der Waals surface area contributed by atoms with Crippen LogP contribution in [0, 0.1) is 17.8 Å². The van der Waals surface area contributed by atoms with Gasteiger partial charge in [-0.05, 0) is 18.8 Å². The van der Waals surface area contributed by atoms with Gasteiger partial charge in [0.25, 0.3) is 0 Å². The number of carboxylic acid groups (broad SMARTS) is 2. The molecule has 0 radical (unpaired) electrons. The van der Waals surface area contributed by atoms with Crippen LogP contribution in [0.2, 0.25) is 0 Å². The van der Waals surface area contributed by atoms with Crippen molar-refractivity contribution in [3.8, 4) is 0 Å². The van der Waals surface area contributed by atoms with Gasteiger partial charge < -0.3 is 15.9 Å². The maximum atomic E-state index is 11.6.